The molecule has 52 valence electrons. The first-order chi connectivity index (χ1) is 4.70. The number of carboxylic acids is 1. The average Bonchev–Trinajstić information content (AvgIpc) is 1.88. The van der Waals surface area contributed by atoms with Crippen LogP contribution in [0.2, 0.25) is 0 Å². The standard InChI is InChI=1S/C7H6O3/c8-6-3-1-5(2-4-6)7(9)10/h1-4,8H,(H,9,10)/i8+2,9+2. The van der Waals surface area contributed by atoms with Crippen LogP contribution in [0.25, 0.3) is 0 Å². The molecule has 0 heterocycles. The maximum absolute atomic E-state index is 10.2. The van der Waals surface area contributed by atoms with Gasteiger partial charge in [0.1, 0.15) is 5.75 Å². The SMILES string of the molecule is O=C([18OH])c1ccc([18OH])cc1. The van der Waals surface area contributed by atoms with Gasteiger partial charge in [-0.15, -0.1) is 0 Å². The number of aromatic carboxylic acids is 1. The Kier molecular flexibility index (Phi) is 1.58. The smallest absolute Gasteiger partial charge is 0.335 e. The number of carboxylic acid groups (broad SMARTS) is 1. The minimum Gasteiger partial charge on any atom is -0.508 e. The molecule has 1 aromatic carbocycles. The molecule has 0 fully saturated rings. The van der Waals surface area contributed by atoms with E-state index in [0.717, 1.165) is 0 Å². The van der Waals surface area contributed by atoms with Crippen LogP contribution in [0.3, 0.4) is 0 Å². The van der Waals surface area contributed by atoms with E-state index in [0.29, 0.717) is 0 Å². The number of hydrogen-bond acceptors (Lipinski definition) is 2. The summed E-state index contributed by atoms with van der Waals surface area (Å²) >= 11 is 0. The van der Waals surface area contributed by atoms with Crippen molar-refractivity contribution in [3.63, 3.8) is 0 Å². The van der Waals surface area contributed by atoms with Crippen molar-refractivity contribution in [1.82, 2.24) is 0 Å². The summed E-state index contributed by atoms with van der Waals surface area (Å²) in [6, 6.07) is 5.36. The van der Waals surface area contributed by atoms with Crippen LogP contribution >= 0.6 is 0 Å². The molecule has 1 aromatic rings. The highest BCUT2D eigenvalue weighted by atomic mass is 18.2. The zero-order valence-electron chi connectivity index (χ0n) is 5.11. The van der Waals surface area contributed by atoms with Crippen molar-refractivity contribution in [3.05, 3.63) is 29.8 Å². The number of hydrogen-bond donors (Lipinski definition) is 2. The van der Waals surface area contributed by atoms with E-state index in [1.165, 1.54) is 24.3 Å². The molecule has 0 radical (unpaired) electrons. The van der Waals surface area contributed by atoms with E-state index in [4.69, 9.17) is 10.2 Å². The van der Waals surface area contributed by atoms with Crippen molar-refractivity contribution in [1.29, 1.82) is 0 Å². The fourth-order valence-corrected chi connectivity index (χ4v) is 0.604. The molecule has 0 unspecified atom stereocenters. The lowest BCUT2D eigenvalue weighted by atomic mass is 10.2. The van der Waals surface area contributed by atoms with Crippen molar-refractivity contribution in [3.8, 4) is 5.75 Å². The van der Waals surface area contributed by atoms with E-state index >= 15 is 0 Å². The summed E-state index contributed by atoms with van der Waals surface area (Å²) in [5.74, 6) is -0.912. The highest BCUT2D eigenvalue weighted by Gasteiger charge is 1.99. The molecule has 0 amide bonds. The topological polar surface area (TPSA) is 57.5 Å². The largest absolute Gasteiger partial charge is 0.508 e. The van der Waals surface area contributed by atoms with Crippen LogP contribution in [-0.4, -0.2) is 16.2 Å². The Morgan fingerprint density at radius 3 is 2.10 bits per heavy atom. The Morgan fingerprint density at radius 1 is 1.20 bits per heavy atom. The fourth-order valence-electron chi connectivity index (χ4n) is 0.604. The number of phenols is 1. The first-order valence-corrected chi connectivity index (χ1v) is 2.72. The molecular weight excluding hydrogens is 136 g/mol. The van der Waals surface area contributed by atoms with Crippen molar-refractivity contribution in [2.24, 2.45) is 0 Å². The second-order valence-electron chi connectivity index (χ2n) is 1.85. The van der Waals surface area contributed by atoms with Gasteiger partial charge < -0.3 is 10.2 Å². The molecule has 0 saturated carbocycles. The normalized spacial score (nSPS) is 9.20. The molecule has 0 aliphatic rings. The summed E-state index contributed by atoms with van der Waals surface area (Å²) in [5.41, 5.74) is 0.179. The summed E-state index contributed by atoms with van der Waals surface area (Å²) in [5, 5.41) is 17.1. The van der Waals surface area contributed by atoms with Crippen LogP contribution in [0.15, 0.2) is 24.3 Å². The van der Waals surface area contributed by atoms with Gasteiger partial charge in [-0.1, -0.05) is 0 Å². The van der Waals surface area contributed by atoms with E-state index in [2.05, 4.69) is 0 Å². The molecule has 0 saturated heterocycles. The quantitative estimate of drug-likeness (QED) is 0.577. The summed E-state index contributed by atoms with van der Waals surface area (Å²) < 4.78 is 0. The first kappa shape index (κ1) is 6.61. The summed E-state index contributed by atoms with van der Waals surface area (Å²) in [6.45, 7) is 0. The van der Waals surface area contributed by atoms with Gasteiger partial charge >= 0.3 is 5.97 Å². The summed E-state index contributed by atoms with van der Waals surface area (Å²) in [7, 11) is 0. The van der Waals surface area contributed by atoms with Gasteiger partial charge in [-0.05, 0) is 24.3 Å². The number of phenolic OH excluding ortho intramolecular Hbond substituents is 1. The molecule has 3 heteroatoms. The van der Waals surface area contributed by atoms with E-state index in [1.807, 2.05) is 0 Å². The molecule has 0 atom stereocenters. The number of rotatable bonds is 1. The van der Waals surface area contributed by atoms with Gasteiger partial charge in [0.15, 0.2) is 0 Å². The van der Waals surface area contributed by atoms with E-state index in [-0.39, 0.29) is 11.3 Å². The predicted octanol–water partition coefficient (Wildman–Crippen LogP) is 1.09. The Labute approximate surface area is 57.5 Å². The van der Waals surface area contributed by atoms with Crippen LogP contribution in [0, 0.1) is 0 Å². The maximum atomic E-state index is 10.2. The Morgan fingerprint density at radius 2 is 1.70 bits per heavy atom. The zero-order chi connectivity index (χ0) is 7.56. The third-order valence-corrected chi connectivity index (χ3v) is 1.11. The third-order valence-electron chi connectivity index (χ3n) is 1.11. The number of carbonyl (C=O) groups is 1. The van der Waals surface area contributed by atoms with Crippen LogP contribution in [-0.2, 0) is 0 Å². The second kappa shape index (κ2) is 2.39. The van der Waals surface area contributed by atoms with E-state index < -0.39 is 5.97 Å². The predicted molar refractivity (Wildman–Crippen MR) is 35.1 cm³/mol. The molecule has 0 aliphatic heterocycles. The molecule has 3 nitrogen and oxygen atoms in total. The molecule has 0 bridgehead atoms. The Balaban J connectivity index is 3.00. The van der Waals surface area contributed by atoms with Crippen molar-refractivity contribution < 1.29 is 15.0 Å². The lowest BCUT2D eigenvalue weighted by Crippen LogP contribution is -1.93. The van der Waals surface area contributed by atoms with Gasteiger partial charge in [-0.2, -0.15) is 0 Å². The number of aromatic hydroxyl groups is 1. The number of benzene rings is 1. The third kappa shape index (κ3) is 1.25. The first-order valence-electron chi connectivity index (χ1n) is 2.72. The van der Waals surface area contributed by atoms with Crippen molar-refractivity contribution in [2.45, 2.75) is 0 Å². The molecule has 0 aromatic heterocycles. The lowest BCUT2D eigenvalue weighted by Gasteiger charge is -1.92. The van der Waals surface area contributed by atoms with Gasteiger partial charge in [0.25, 0.3) is 0 Å². The maximum Gasteiger partial charge on any atom is 0.335 e. The van der Waals surface area contributed by atoms with E-state index in [1.54, 1.807) is 0 Å². The van der Waals surface area contributed by atoms with Crippen molar-refractivity contribution in [2.75, 3.05) is 0 Å². The minimum atomic E-state index is -0.986. The van der Waals surface area contributed by atoms with Crippen LogP contribution in [0.1, 0.15) is 10.4 Å². The molecule has 2 N–H and O–H groups in total. The monoisotopic (exact) mass is 142 g/mol. The second-order valence-corrected chi connectivity index (χ2v) is 1.85. The zero-order valence-corrected chi connectivity index (χ0v) is 5.11. The molecule has 1 rings (SSSR count). The van der Waals surface area contributed by atoms with Crippen molar-refractivity contribution >= 4 is 5.97 Å². The average molecular weight is 142 g/mol. The Bertz CT molecular complexity index is 238. The van der Waals surface area contributed by atoms with Crippen LogP contribution < -0.4 is 0 Å². The Hall–Kier alpha value is -1.51. The molecular formula is C7H6O3. The van der Waals surface area contributed by atoms with Crippen LogP contribution in [0.5, 0.6) is 5.75 Å². The molecule has 0 spiro atoms. The molecule has 0 aliphatic carbocycles. The summed E-state index contributed by atoms with van der Waals surface area (Å²) in [4.78, 5) is 10.2. The highest BCUT2D eigenvalue weighted by Crippen LogP contribution is 2.08. The highest BCUT2D eigenvalue weighted by molar-refractivity contribution is 5.87. The van der Waals surface area contributed by atoms with Gasteiger partial charge in [0, 0.05) is 0 Å². The van der Waals surface area contributed by atoms with Gasteiger partial charge in [-0.25, -0.2) is 4.79 Å². The van der Waals surface area contributed by atoms with E-state index in [9.17, 15) is 4.79 Å². The molecule has 10 heavy (non-hydrogen) atoms. The fraction of sp³-hybridized carbons (Fsp3) is 0. The van der Waals surface area contributed by atoms with Gasteiger partial charge in [-0.3, -0.25) is 0 Å². The minimum absolute atomic E-state index is 0.0741. The van der Waals surface area contributed by atoms with Crippen LogP contribution in [0.4, 0.5) is 0 Å². The van der Waals surface area contributed by atoms with Gasteiger partial charge in [0.2, 0.25) is 0 Å². The van der Waals surface area contributed by atoms with Gasteiger partial charge in [0.05, 0.1) is 5.56 Å². The summed E-state index contributed by atoms with van der Waals surface area (Å²) in [6.07, 6.45) is 0. The lowest BCUT2D eigenvalue weighted by molar-refractivity contribution is 0.0697.